The number of nitriles is 1. The average Bonchev–Trinajstić information content (AvgIpc) is 2.79. The van der Waals surface area contributed by atoms with Gasteiger partial charge in [0, 0.05) is 31.5 Å². The highest BCUT2D eigenvalue weighted by Crippen LogP contribution is 2.26. The first kappa shape index (κ1) is 25.5. The Morgan fingerprint density at radius 2 is 2.13 bits per heavy atom. The molecule has 1 N–H and O–H groups in total. The number of pyridine rings is 2. The van der Waals surface area contributed by atoms with E-state index >= 15 is 0 Å². The molecule has 166 valence electrons. The topological polar surface area (TPSA) is 100 Å². The highest BCUT2D eigenvalue weighted by atomic mass is 19.3. The van der Waals surface area contributed by atoms with Gasteiger partial charge >= 0.3 is 0 Å². The number of methoxy groups -OCH3 is 1. The SMILES string of the molecule is C=CNC(=O)COC(c1cncc(OC)c1)C(F)F.CCN(C)c1ccc(C#N)cn1. The minimum Gasteiger partial charge on any atom is -0.495 e. The highest BCUT2D eigenvalue weighted by molar-refractivity contribution is 5.78. The van der Waals surface area contributed by atoms with Crippen molar-refractivity contribution in [2.45, 2.75) is 19.5 Å². The molecule has 0 aliphatic heterocycles. The molecule has 31 heavy (non-hydrogen) atoms. The average molecular weight is 433 g/mol. The fourth-order valence-corrected chi connectivity index (χ4v) is 2.18. The van der Waals surface area contributed by atoms with E-state index in [1.54, 1.807) is 12.3 Å². The van der Waals surface area contributed by atoms with Gasteiger partial charge < -0.3 is 19.7 Å². The molecule has 0 saturated carbocycles. The van der Waals surface area contributed by atoms with Crippen molar-refractivity contribution in [2.75, 3.05) is 32.2 Å². The van der Waals surface area contributed by atoms with E-state index in [-0.39, 0.29) is 5.56 Å². The number of rotatable bonds is 9. The fourth-order valence-electron chi connectivity index (χ4n) is 2.18. The Labute approximate surface area is 180 Å². The van der Waals surface area contributed by atoms with Crippen LogP contribution in [0.25, 0.3) is 0 Å². The Morgan fingerprint density at radius 3 is 2.65 bits per heavy atom. The predicted molar refractivity (Wildman–Crippen MR) is 112 cm³/mol. The van der Waals surface area contributed by atoms with Crippen molar-refractivity contribution in [1.29, 1.82) is 5.26 Å². The van der Waals surface area contributed by atoms with Gasteiger partial charge in [0.15, 0.2) is 0 Å². The minimum atomic E-state index is -2.79. The molecule has 0 aliphatic rings. The van der Waals surface area contributed by atoms with Crippen molar-refractivity contribution in [2.24, 2.45) is 0 Å². The van der Waals surface area contributed by atoms with E-state index in [1.165, 1.54) is 25.6 Å². The second kappa shape index (κ2) is 13.6. The molecule has 1 atom stereocenters. The van der Waals surface area contributed by atoms with Crippen molar-refractivity contribution in [1.82, 2.24) is 15.3 Å². The van der Waals surface area contributed by atoms with Gasteiger partial charge in [0.25, 0.3) is 6.43 Å². The molecule has 10 heteroatoms. The number of amides is 1. The van der Waals surface area contributed by atoms with Crippen LogP contribution in [0.3, 0.4) is 0 Å². The summed E-state index contributed by atoms with van der Waals surface area (Å²) in [6.45, 7) is 5.75. The molecular formula is C21H25F2N5O3. The Bertz CT molecular complexity index is 872. The molecule has 0 bridgehead atoms. The van der Waals surface area contributed by atoms with Gasteiger partial charge in [0.1, 0.15) is 30.3 Å². The zero-order chi connectivity index (χ0) is 23.2. The summed E-state index contributed by atoms with van der Waals surface area (Å²) in [6.07, 6.45) is 1.03. The van der Waals surface area contributed by atoms with Gasteiger partial charge in [-0.05, 0) is 31.3 Å². The second-order valence-corrected chi connectivity index (χ2v) is 6.03. The summed E-state index contributed by atoms with van der Waals surface area (Å²) in [5, 5.41) is 10.7. The number of carbonyl (C=O) groups is 1. The maximum atomic E-state index is 12.9. The van der Waals surface area contributed by atoms with Crippen LogP contribution in [0, 0.1) is 11.3 Å². The first-order chi connectivity index (χ1) is 14.9. The zero-order valence-corrected chi connectivity index (χ0v) is 17.6. The smallest absolute Gasteiger partial charge is 0.268 e. The normalized spacial score (nSPS) is 10.9. The van der Waals surface area contributed by atoms with E-state index in [2.05, 4.69) is 28.8 Å². The van der Waals surface area contributed by atoms with Gasteiger partial charge in [-0.2, -0.15) is 5.26 Å². The molecule has 1 amide bonds. The number of nitrogens with one attached hydrogen (secondary N) is 1. The first-order valence-electron chi connectivity index (χ1n) is 9.22. The zero-order valence-electron chi connectivity index (χ0n) is 17.6. The van der Waals surface area contributed by atoms with Crippen LogP contribution >= 0.6 is 0 Å². The molecule has 0 radical (unpaired) electrons. The molecule has 0 aromatic carbocycles. The Kier molecular flexibility index (Phi) is 11.2. The third-order valence-corrected chi connectivity index (χ3v) is 3.93. The number of hydrogen-bond acceptors (Lipinski definition) is 7. The lowest BCUT2D eigenvalue weighted by molar-refractivity contribution is -0.131. The summed E-state index contributed by atoms with van der Waals surface area (Å²) in [5.41, 5.74) is 0.740. The standard InChI is InChI=1S/C12H14F2N2O3.C9H11N3/c1-3-16-10(17)7-19-11(12(13)14)8-4-9(18-2)6-15-5-8;1-3-12(2)9-5-4-8(6-10)7-11-9/h3-6,11-12H,1,7H2,2H3,(H,16,17);4-5,7H,3H2,1-2H3. The summed E-state index contributed by atoms with van der Waals surface area (Å²) in [4.78, 5) is 21.0. The van der Waals surface area contributed by atoms with Crippen molar-refractivity contribution >= 4 is 11.7 Å². The molecule has 0 saturated heterocycles. The molecule has 0 aliphatic carbocycles. The summed E-state index contributed by atoms with van der Waals surface area (Å²) in [5.74, 6) is 0.676. The van der Waals surface area contributed by atoms with Crippen molar-refractivity contribution in [3.63, 3.8) is 0 Å². The third-order valence-electron chi connectivity index (χ3n) is 3.93. The van der Waals surface area contributed by atoms with E-state index in [4.69, 9.17) is 14.7 Å². The number of carbonyl (C=O) groups excluding carboxylic acids is 1. The minimum absolute atomic E-state index is 0.140. The number of alkyl halides is 2. The van der Waals surface area contributed by atoms with Crippen LogP contribution in [0.4, 0.5) is 14.6 Å². The van der Waals surface area contributed by atoms with Gasteiger partial charge in [-0.25, -0.2) is 13.8 Å². The van der Waals surface area contributed by atoms with Gasteiger partial charge in [-0.15, -0.1) is 0 Å². The molecule has 8 nitrogen and oxygen atoms in total. The van der Waals surface area contributed by atoms with E-state index < -0.39 is 25.0 Å². The van der Waals surface area contributed by atoms with E-state index in [0.29, 0.717) is 11.3 Å². The van der Waals surface area contributed by atoms with Crippen molar-refractivity contribution in [3.05, 3.63) is 60.7 Å². The quantitative estimate of drug-likeness (QED) is 0.649. The molecule has 2 aromatic rings. The number of anilines is 1. The molecule has 1 unspecified atom stereocenters. The van der Waals surface area contributed by atoms with Gasteiger partial charge in [0.2, 0.25) is 5.91 Å². The van der Waals surface area contributed by atoms with Crippen LogP contribution in [0.15, 0.2) is 49.6 Å². The summed E-state index contributed by atoms with van der Waals surface area (Å²) >= 11 is 0. The molecule has 2 heterocycles. The van der Waals surface area contributed by atoms with Crippen LogP contribution in [0.1, 0.15) is 24.2 Å². The maximum absolute atomic E-state index is 12.9. The number of hydrogen-bond donors (Lipinski definition) is 1. The van der Waals surface area contributed by atoms with Crippen LogP contribution in [0.2, 0.25) is 0 Å². The Balaban J connectivity index is 0.000000343. The molecule has 2 rings (SSSR count). The molecule has 2 aromatic heterocycles. The van der Waals surface area contributed by atoms with E-state index in [9.17, 15) is 13.6 Å². The molecule has 0 fully saturated rings. The Morgan fingerprint density at radius 1 is 1.39 bits per heavy atom. The lowest BCUT2D eigenvalue weighted by Crippen LogP contribution is -2.25. The largest absolute Gasteiger partial charge is 0.495 e. The van der Waals surface area contributed by atoms with Gasteiger partial charge in [-0.1, -0.05) is 6.58 Å². The lowest BCUT2D eigenvalue weighted by atomic mass is 10.1. The fraction of sp³-hybridized carbons (Fsp3) is 0.333. The second-order valence-electron chi connectivity index (χ2n) is 6.03. The summed E-state index contributed by atoms with van der Waals surface area (Å²) < 4.78 is 35.6. The van der Waals surface area contributed by atoms with Gasteiger partial charge in [0.05, 0.1) is 18.9 Å². The van der Waals surface area contributed by atoms with Crippen LogP contribution in [0.5, 0.6) is 5.75 Å². The van der Waals surface area contributed by atoms with Crippen LogP contribution in [-0.2, 0) is 9.53 Å². The summed E-state index contributed by atoms with van der Waals surface area (Å²) in [6, 6.07) is 7.04. The number of nitrogens with zero attached hydrogens (tertiary/aromatic N) is 4. The number of halogens is 2. The monoisotopic (exact) mass is 433 g/mol. The van der Waals surface area contributed by atoms with E-state index in [1.807, 2.05) is 24.1 Å². The molecular weight excluding hydrogens is 408 g/mol. The number of ether oxygens (including phenoxy) is 2. The summed E-state index contributed by atoms with van der Waals surface area (Å²) in [7, 11) is 3.37. The van der Waals surface area contributed by atoms with Crippen LogP contribution < -0.4 is 15.0 Å². The lowest BCUT2D eigenvalue weighted by Gasteiger charge is -2.17. The van der Waals surface area contributed by atoms with Crippen LogP contribution in [-0.4, -0.2) is 49.6 Å². The molecule has 0 spiro atoms. The Hall–Kier alpha value is -3.58. The van der Waals surface area contributed by atoms with Crippen molar-refractivity contribution < 1.29 is 23.0 Å². The predicted octanol–water partition coefficient (Wildman–Crippen LogP) is 3.08. The first-order valence-corrected chi connectivity index (χ1v) is 9.22. The highest BCUT2D eigenvalue weighted by Gasteiger charge is 2.25. The third kappa shape index (κ3) is 8.76. The van der Waals surface area contributed by atoms with Gasteiger partial charge in [-0.3, -0.25) is 9.78 Å². The van der Waals surface area contributed by atoms with Crippen molar-refractivity contribution in [3.8, 4) is 11.8 Å². The maximum Gasteiger partial charge on any atom is 0.268 e. The number of aromatic nitrogens is 2. The van der Waals surface area contributed by atoms with E-state index in [0.717, 1.165) is 18.6 Å².